The van der Waals surface area contributed by atoms with Gasteiger partial charge in [0, 0.05) is 26.9 Å². The van der Waals surface area contributed by atoms with E-state index in [-0.39, 0.29) is 18.2 Å². The lowest BCUT2D eigenvalue weighted by Gasteiger charge is -2.08. The van der Waals surface area contributed by atoms with Gasteiger partial charge in [-0.3, -0.25) is 14.6 Å². The zero-order chi connectivity index (χ0) is 18.1. The third kappa shape index (κ3) is 3.60. The SMILES string of the molecule is CC(CC(=O)O)c1cc2c(s1)NC(=O)[C@H](C)N=C2c1ccccc1Cl. The molecule has 1 aliphatic rings. The number of nitrogens with zero attached hydrogens (tertiary/aromatic N) is 1. The summed E-state index contributed by atoms with van der Waals surface area (Å²) in [5, 5.41) is 13.2. The number of halogens is 1. The highest BCUT2D eigenvalue weighted by molar-refractivity contribution is 7.16. The molecule has 0 saturated carbocycles. The van der Waals surface area contributed by atoms with Gasteiger partial charge in [0.1, 0.15) is 11.0 Å². The van der Waals surface area contributed by atoms with E-state index in [4.69, 9.17) is 16.7 Å². The molecule has 0 saturated heterocycles. The van der Waals surface area contributed by atoms with Gasteiger partial charge >= 0.3 is 5.97 Å². The summed E-state index contributed by atoms with van der Waals surface area (Å²) >= 11 is 7.73. The monoisotopic (exact) mass is 376 g/mol. The first kappa shape index (κ1) is 17.6. The molecule has 0 spiro atoms. The van der Waals surface area contributed by atoms with Crippen LogP contribution in [0.25, 0.3) is 0 Å². The van der Waals surface area contributed by atoms with E-state index in [1.807, 2.05) is 31.2 Å². The molecule has 0 aliphatic carbocycles. The van der Waals surface area contributed by atoms with Crippen molar-refractivity contribution in [2.24, 2.45) is 4.99 Å². The van der Waals surface area contributed by atoms with Gasteiger partial charge in [0.05, 0.1) is 12.1 Å². The lowest BCUT2D eigenvalue weighted by atomic mass is 10.0. The number of hydrogen-bond acceptors (Lipinski definition) is 4. The van der Waals surface area contributed by atoms with E-state index in [0.29, 0.717) is 15.7 Å². The van der Waals surface area contributed by atoms with Gasteiger partial charge < -0.3 is 10.4 Å². The van der Waals surface area contributed by atoms with Gasteiger partial charge in [0.25, 0.3) is 0 Å². The van der Waals surface area contributed by atoms with Crippen molar-refractivity contribution in [1.29, 1.82) is 0 Å². The molecule has 1 amide bonds. The molecule has 0 fully saturated rings. The van der Waals surface area contributed by atoms with Crippen LogP contribution in [0.5, 0.6) is 0 Å². The maximum Gasteiger partial charge on any atom is 0.303 e. The first-order valence-electron chi connectivity index (χ1n) is 7.86. The zero-order valence-corrected chi connectivity index (χ0v) is 15.3. The van der Waals surface area contributed by atoms with Crippen molar-refractivity contribution >= 4 is 45.5 Å². The Morgan fingerprint density at radius 2 is 2.12 bits per heavy atom. The standard InChI is InChI=1S/C18H17ClN2O3S/c1-9(7-15(22)23)14-8-12-16(11-5-3-4-6-13(11)19)20-10(2)17(24)21-18(12)25-14/h3-6,8-10H,7H2,1-2H3,(H,21,24)(H,22,23)/t9?,10-/m0/s1. The van der Waals surface area contributed by atoms with Crippen molar-refractivity contribution < 1.29 is 14.7 Å². The quantitative estimate of drug-likeness (QED) is 0.840. The number of anilines is 1. The molecule has 130 valence electrons. The summed E-state index contributed by atoms with van der Waals surface area (Å²) in [6.45, 7) is 3.59. The molecule has 1 aromatic heterocycles. The van der Waals surface area contributed by atoms with Gasteiger partial charge in [-0.05, 0) is 19.1 Å². The summed E-state index contributed by atoms with van der Waals surface area (Å²) in [5.74, 6) is -1.20. The predicted octanol–water partition coefficient (Wildman–Crippen LogP) is 4.16. The zero-order valence-electron chi connectivity index (χ0n) is 13.7. The smallest absolute Gasteiger partial charge is 0.303 e. The minimum absolute atomic E-state index is 0.0301. The van der Waals surface area contributed by atoms with E-state index in [9.17, 15) is 9.59 Å². The van der Waals surface area contributed by atoms with Crippen molar-refractivity contribution in [3.8, 4) is 0 Å². The molecule has 25 heavy (non-hydrogen) atoms. The molecule has 5 nitrogen and oxygen atoms in total. The molecule has 3 rings (SSSR count). The van der Waals surface area contributed by atoms with E-state index >= 15 is 0 Å². The van der Waals surface area contributed by atoms with Crippen LogP contribution in [0, 0.1) is 0 Å². The number of aliphatic imine (C=N–C) groups is 1. The summed E-state index contributed by atoms with van der Waals surface area (Å²) < 4.78 is 0. The number of amides is 1. The maximum absolute atomic E-state index is 12.3. The highest BCUT2D eigenvalue weighted by Gasteiger charge is 2.27. The Kier molecular flexibility index (Phi) is 4.92. The van der Waals surface area contributed by atoms with E-state index < -0.39 is 12.0 Å². The second-order valence-electron chi connectivity index (χ2n) is 6.01. The van der Waals surface area contributed by atoms with Crippen LogP contribution in [0.1, 0.15) is 42.2 Å². The number of fused-ring (bicyclic) bond motifs is 1. The van der Waals surface area contributed by atoms with Crippen LogP contribution in [-0.2, 0) is 9.59 Å². The topological polar surface area (TPSA) is 78.8 Å². The number of carboxylic acid groups (broad SMARTS) is 1. The molecule has 2 N–H and O–H groups in total. The molecule has 1 aliphatic heterocycles. The summed E-state index contributed by atoms with van der Waals surface area (Å²) in [6.07, 6.45) is 0.0301. The average Bonchev–Trinajstić information content (AvgIpc) is 2.91. The number of hydrogen-bond donors (Lipinski definition) is 2. The van der Waals surface area contributed by atoms with Gasteiger partial charge in [-0.2, -0.15) is 0 Å². The van der Waals surface area contributed by atoms with Crippen molar-refractivity contribution in [2.45, 2.75) is 32.2 Å². The Labute approximate surface area is 154 Å². The second-order valence-corrected chi connectivity index (χ2v) is 7.50. The maximum atomic E-state index is 12.3. The molecule has 7 heteroatoms. The highest BCUT2D eigenvalue weighted by Crippen LogP contribution is 2.38. The Bertz CT molecular complexity index is 875. The molecular weight excluding hydrogens is 360 g/mol. The van der Waals surface area contributed by atoms with E-state index in [1.165, 1.54) is 11.3 Å². The number of carbonyl (C=O) groups is 2. The van der Waals surface area contributed by atoms with Crippen LogP contribution in [0.15, 0.2) is 35.3 Å². The van der Waals surface area contributed by atoms with Crippen molar-refractivity contribution in [3.05, 3.63) is 51.4 Å². The minimum atomic E-state index is -0.853. The van der Waals surface area contributed by atoms with E-state index in [0.717, 1.165) is 16.0 Å². The normalized spacial score (nSPS) is 18.0. The molecule has 1 aromatic carbocycles. The van der Waals surface area contributed by atoms with Gasteiger partial charge in [0.15, 0.2) is 0 Å². The summed E-state index contributed by atoms with van der Waals surface area (Å²) in [4.78, 5) is 28.7. The van der Waals surface area contributed by atoms with Gasteiger partial charge in [-0.25, -0.2) is 0 Å². The van der Waals surface area contributed by atoms with Gasteiger partial charge in [-0.15, -0.1) is 11.3 Å². The van der Waals surface area contributed by atoms with Crippen LogP contribution in [0.4, 0.5) is 5.00 Å². The number of benzene rings is 1. The Hall–Kier alpha value is -2.18. The number of aliphatic carboxylic acids is 1. The number of rotatable bonds is 4. The molecule has 2 heterocycles. The summed E-state index contributed by atoms with van der Waals surface area (Å²) in [7, 11) is 0. The fourth-order valence-electron chi connectivity index (χ4n) is 2.69. The van der Waals surface area contributed by atoms with Crippen LogP contribution in [0.3, 0.4) is 0 Å². The van der Waals surface area contributed by atoms with Crippen molar-refractivity contribution in [1.82, 2.24) is 0 Å². The number of carbonyl (C=O) groups excluding carboxylic acids is 1. The highest BCUT2D eigenvalue weighted by atomic mass is 35.5. The minimum Gasteiger partial charge on any atom is -0.481 e. The first-order valence-corrected chi connectivity index (χ1v) is 9.05. The Morgan fingerprint density at radius 1 is 1.40 bits per heavy atom. The van der Waals surface area contributed by atoms with E-state index in [2.05, 4.69) is 10.3 Å². The fourth-order valence-corrected chi connectivity index (χ4v) is 4.03. The largest absolute Gasteiger partial charge is 0.481 e. The van der Waals surface area contributed by atoms with Crippen LogP contribution in [0.2, 0.25) is 5.02 Å². The molecule has 1 unspecified atom stereocenters. The van der Waals surface area contributed by atoms with Gasteiger partial charge in [0.2, 0.25) is 5.91 Å². The summed E-state index contributed by atoms with van der Waals surface area (Å²) in [5.41, 5.74) is 2.18. The Balaban J connectivity index is 2.12. The number of thiophene rings is 1. The third-order valence-corrected chi connectivity index (χ3v) is 5.65. The summed E-state index contributed by atoms with van der Waals surface area (Å²) in [6, 6.07) is 8.73. The molecule has 2 atom stereocenters. The van der Waals surface area contributed by atoms with Crippen molar-refractivity contribution in [2.75, 3.05) is 5.32 Å². The number of carboxylic acids is 1. The third-order valence-electron chi connectivity index (χ3n) is 4.04. The lowest BCUT2D eigenvalue weighted by molar-refractivity contribution is -0.137. The van der Waals surface area contributed by atoms with Gasteiger partial charge in [-0.1, -0.05) is 36.7 Å². The first-order chi connectivity index (χ1) is 11.9. The molecule has 2 aromatic rings. The van der Waals surface area contributed by atoms with Crippen molar-refractivity contribution in [3.63, 3.8) is 0 Å². The average molecular weight is 377 g/mol. The molecule has 0 bridgehead atoms. The van der Waals surface area contributed by atoms with Crippen LogP contribution in [-0.4, -0.2) is 28.7 Å². The Morgan fingerprint density at radius 3 is 2.80 bits per heavy atom. The predicted molar refractivity (Wildman–Crippen MR) is 100 cm³/mol. The molecular formula is C18H17ClN2O3S. The molecule has 0 radical (unpaired) electrons. The second kappa shape index (κ2) is 6.98. The van der Waals surface area contributed by atoms with Crippen LogP contribution >= 0.6 is 22.9 Å². The van der Waals surface area contributed by atoms with E-state index in [1.54, 1.807) is 13.0 Å². The fraction of sp³-hybridized carbons (Fsp3) is 0.278. The number of nitrogens with one attached hydrogen (secondary N) is 1. The lowest BCUT2D eigenvalue weighted by Crippen LogP contribution is -2.22. The van der Waals surface area contributed by atoms with Crippen LogP contribution < -0.4 is 5.32 Å².